The van der Waals surface area contributed by atoms with Crippen LogP contribution in [0, 0.1) is 0 Å². The fourth-order valence-corrected chi connectivity index (χ4v) is 4.56. The first-order valence-corrected chi connectivity index (χ1v) is 8.20. The zero-order valence-electron chi connectivity index (χ0n) is 11.0. The molecular formula is C14H19NO3S. The van der Waals surface area contributed by atoms with E-state index in [-0.39, 0.29) is 11.5 Å². The van der Waals surface area contributed by atoms with Crippen LogP contribution in [0.5, 0.6) is 0 Å². The summed E-state index contributed by atoms with van der Waals surface area (Å²) < 4.78 is 30.3. The summed E-state index contributed by atoms with van der Waals surface area (Å²) in [6.45, 7) is 2.58. The SMILES string of the molecule is CC(N)C1(c2ccccc2S(=O)(=O)C2COC2)CC1. The lowest BCUT2D eigenvalue weighted by Gasteiger charge is -2.29. The molecule has 1 saturated heterocycles. The van der Waals surface area contributed by atoms with Crippen LogP contribution in [0.4, 0.5) is 0 Å². The predicted octanol–water partition coefficient (Wildman–Crippen LogP) is 1.24. The van der Waals surface area contributed by atoms with Crippen molar-refractivity contribution in [2.24, 2.45) is 5.73 Å². The van der Waals surface area contributed by atoms with E-state index in [1.165, 1.54) is 0 Å². The summed E-state index contributed by atoms with van der Waals surface area (Å²) in [7, 11) is -3.29. The van der Waals surface area contributed by atoms with Crippen molar-refractivity contribution in [1.82, 2.24) is 0 Å². The number of ether oxygens (including phenoxy) is 1. The van der Waals surface area contributed by atoms with E-state index in [1.54, 1.807) is 12.1 Å². The molecule has 2 N–H and O–H groups in total. The molecule has 2 fully saturated rings. The highest BCUT2D eigenvalue weighted by molar-refractivity contribution is 7.92. The number of hydrogen-bond donors (Lipinski definition) is 1. The molecule has 1 unspecified atom stereocenters. The van der Waals surface area contributed by atoms with E-state index in [4.69, 9.17) is 10.5 Å². The third-order valence-electron chi connectivity index (χ3n) is 4.44. The number of nitrogens with two attached hydrogens (primary N) is 1. The van der Waals surface area contributed by atoms with E-state index in [0.717, 1.165) is 18.4 Å². The molecule has 1 aromatic rings. The van der Waals surface area contributed by atoms with Gasteiger partial charge in [0.05, 0.1) is 18.1 Å². The van der Waals surface area contributed by atoms with Gasteiger partial charge in [0.25, 0.3) is 0 Å². The maximum absolute atomic E-state index is 12.6. The third kappa shape index (κ3) is 1.91. The third-order valence-corrected chi connectivity index (χ3v) is 6.56. The van der Waals surface area contributed by atoms with Crippen LogP contribution in [0.1, 0.15) is 25.3 Å². The van der Waals surface area contributed by atoms with E-state index in [9.17, 15) is 8.42 Å². The van der Waals surface area contributed by atoms with Crippen LogP contribution in [-0.4, -0.2) is 32.9 Å². The summed E-state index contributed by atoms with van der Waals surface area (Å²) in [5, 5.41) is -0.391. The highest BCUT2D eigenvalue weighted by Gasteiger charge is 2.50. The molecule has 0 radical (unpaired) electrons. The minimum absolute atomic E-state index is 0.0264. The van der Waals surface area contributed by atoms with Crippen molar-refractivity contribution < 1.29 is 13.2 Å². The first-order chi connectivity index (χ1) is 8.98. The van der Waals surface area contributed by atoms with Gasteiger partial charge in [0.1, 0.15) is 5.25 Å². The second kappa shape index (κ2) is 4.30. The molecule has 1 saturated carbocycles. The second-order valence-corrected chi connectivity index (χ2v) is 7.84. The summed E-state index contributed by atoms with van der Waals surface area (Å²) in [6.07, 6.45) is 1.94. The van der Waals surface area contributed by atoms with Crippen LogP contribution in [0.3, 0.4) is 0 Å². The largest absolute Gasteiger partial charge is 0.379 e. The van der Waals surface area contributed by atoms with E-state index < -0.39 is 15.1 Å². The molecule has 2 aliphatic rings. The minimum Gasteiger partial charge on any atom is -0.379 e. The van der Waals surface area contributed by atoms with Crippen molar-refractivity contribution in [1.29, 1.82) is 0 Å². The van der Waals surface area contributed by atoms with Crippen LogP contribution in [0.2, 0.25) is 0 Å². The molecule has 4 nitrogen and oxygen atoms in total. The molecule has 0 bridgehead atoms. The Balaban J connectivity index is 2.08. The number of rotatable bonds is 4. The van der Waals surface area contributed by atoms with Gasteiger partial charge < -0.3 is 10.5 Å². The Morgan fingerprint density at radius 3 is 2.42 bits per heavy atom. The molecule has 1 atom stereocenters. The van der Waals surface area contributed by atoms with Crippen LogP contribution in [-0.2, 0) is 20.0 Å². The summed E-state index contributed by atoms with van der Waals surface area (Å²) in [6, 6.07) is 7.29. The quantitative estimate of drug-likeness (QED) is 0.901. The highest BCUT2D eigenvalue weighted by Crippen LogP contribution is 2.52. The molecular weight excluding hydrogens is 262 g/mol. The van der Waals surface area contributed by atoms with Crippen LogP contribution < -0.4 is 5.73 Å². The summed E-state index contributed by atoms with van der Waals surface area (Å²) in [5.41, 5.74) is 6.84. The first kappa shape index (κ1) is 13.1. The highest BCUT2D eigenvalue weighted by atomic mass is 32.2. The van der Waals surface area contributed by atoms with Gasteiger partial charge in [-0.1, -0.05) is 18.2 Å². The monoisotopic (exact) mass is 281 g/mol. The Morgan fingerprint density at radius 1 is 1.32 bits per heavy atom. The average Bonchev–Trinajstić information content (AvgIpc) is 3.07. The number of sulfone groups is 1. The fraction of sp³-hybridized carbons (Fsp3) is 0.571. The molecule has 104 valence electrons. The lowest BCUT2D eigenvalue weighted by molar-refractivity contribution is 0.0415. The van der Waals surface area contributed by atoms with Gasteiger partial charge in [-0.15, -0.1) is 0 Å². The van der Waals surface area contributed by atoms with Crippen molar-refractivity contribution in [3.05, 3.63) is 29.8 Å². The van der Waals surface area contributed by atoms with Crippen molar-refractivity contribution in [3.8, 4) is 0 Å². The predicted molar refractivity (Wildman–Crippen MR) is 72.8 cm³/mol. The van der Waals surface area contributed by atoms with Gasteiger partial charge in [0.15, 0.2) is 9.84 Å². The van der Waals surface area contributed by atoms with Gasteiger partial charge in [0.2, 0.25) is 0 Å². The van der Waals surface area contributed by atoms with Crippen molar-refractivity contribution >= 4 is 9.84 Å². The lowest BCUT2D eigenvalue weighted by Crippen LogP contribution is -2.42. The summed E-state index contributed by atoms with van der Waals surface area (Å²) in [4.78, 5) is 0.457. The van der Waals surface area contributed by atoms with Gasteiger partial charge in [-0.05, 0) is 31.4 Å². The molecule has 19 heavy (non-hydrogen) atoms. The average molecular weight is 281 g/mol. The molecule has 0 amide bonds. The van der Waals surface area contributed by atoms with Gasteiger partial charge in [-0.25, -0.2) is 8.42 Å². The maximum atomic E-state index is 12.6. The van der Waals surface area contributed by atoms with E-state index in [1.807, 2.05) is 19.1 Å². The Kier molecular flexibility index (Phi) is 2.96. The molecule has 0 spiro atoms. The van der Waals surface area contributed by atoms with Gasteiger partial charge in [-0.2, -0.15) is 0 Å². The lowest BCUT2D eigenvalue weighted by atomic mass is 9.89. The van der Waals surface area contributed by atoms with Gasteiger partial charge in [0, 0.05) is 11.5 Å². The maximum Gasteiger partial charge on any atom is 0.186 e. The van der Waals surface area contributed by atoms with E-state index in [0.29, 0.717) is 18.1 Å². The van der Waals surface area contributed by atoms with E-state index >= 15 is 0 Å². The zero-order valence-corrected chi connectivity index (χ0v) is 11.8. The number of benzene rings is 1. The molecule has 5 heteroatoms. The molecule has 1 aliphatic carbocycles. The Labute approximate surface area is 113 Å². The molecule has 1 aliphatic heterocycles. The van der Waals surface area contributed by atoms with Crippen LogP contribution in [0.25, 0.3) is 0 Å². The summed E-state index contributed by atoms with van der Waals surface area (Å²) >= 11 is 0. The van der Waals surface area contributed by atoms with Crippen molar-refractivity contribution in [2.45, 2.75) is 41.4 Å². The summed E-state index contributed by atoms with van der Waals surface area (Å²) in [5.74, 6) is 0. The van der Waals surface area contributed by atoms with E-state index in [2.05, 4.69) is 0 Å². The zero-order chi connectivity index (χ0) is 13.7. The Morgan fingerprint density at radius 2 is 1.95 bits per heavy atom. The minimum atomic E-state index is -3.29. The van der Waals surface area contributed by atoms with Crippen molar-refractivity contribution in [2.75, 3.05) is 13.2 Å². The standard InChI is InChI=1S/C14H19NO3S/c1-10(15)14(6-7-14)12-4-2-3-5-13(12)19(16,17)11-8-18-9-11/h2-5,10-11H,6-9,15H2,1H3. The van der Waals surface area contributed by atoms with Crippen LogP contribution in [0.15, 0.2) is 29.2 Å². The molecule has 0 aromatic heterocycles. The smallest absolute Gasteiger partial charge is 0.186 e. The van der Waals surface area contributed by atoms with Gasteiger partial charge in [-0.3, -0.25) is 0 Å². The second-order valence-electron chi connectivity index (χ2n) is 5.65. The fourth-order valence-electron chi connectivity index (χ4n) is 2.80. The Bertz CT molecular complexity index is 586. The first-order valence-electron chi connectivity index (χ1n) is 6.65. The Hall–Kier alpha value is -0.910. The topological polar surface area (TPSA) is 69.4 Å². The van der Waals surface area contributed by atoms with Gasteiger partial charge >= 0.3 is 0 Å². The molecule has 1 aromatic carbocycles. The normalized spacial score (nSPS) is 23.7. The number of hydrogen-bond acceptors (Lipinski definition) is 4. The molecule has 1 heterocycles. The van der Waals surface area contributed by atoms with Crippen molar-refractivity contribution in [3.63, 3.8) is 0 Å². The molecule has 3 rings (SSSR count). The van der Waals surface area contributed by atoms with Crippen LogP contribution >= 0.6 is 0 Å².